The summed E-state index contributed by atoms with van der Waals surface area (Å²) in [5.74, 6) is 2.05. The van der Waals surface area contributed by atoms with Crippen LogP contribution >= 0.6 is 0 Å². The van der Waals surface area contributed by atoms with Crippen molar-refractivity contribution < 1.29 is 13.3 Å². The van der Waals surface area contributed by atoms with Crippen molar-refractivity contribution >= 4 is 98.1 Å². The molecule has 0 aliphatic rings. The van der Waals surface area contributed by atoms with E-state index in [1.807, 2.05) is 261 Å². The van der Waals surface area contributed by atoms with Gasteiger partial charge in [0, 0.05) is 115 Å². The van der Waals surface area contributed by atoms with Crippen molar-refractivity contribution in [2.24, 2.45) is 0 Å². The number of rotatable bonds is 13. The first kappa shape index (κ1) is 80.6. The van der Waals surface area contributed by atoms with Gasteiger partial charge in [0.1, 0.15) is 33.5 Å². The van der Waals surface area contributed by atoms with Crippen molar-refractivity contribution in [1.29, 1.82) is 15.8 Å². The van der Waals surface area contributed by atoms with Gasteiger partial charge in [-0.2, -0.15) is 15.8 Å². The topological polar surface area (TPSA) is 188 Å². The van der Waals surface area contributed by atoms with Gasteiger partial charge in [-0.15, -0.1) is 0 Å². The second-order valence-corrected chi connectivity index (χ2v) is 33.1. The first-order chi connectivity index (χ1) is 66.8. The molecule has 0 atom stereocenters. The molecule has 12 nitrogen and oxygen atoms in total. The highest BCUT2D eigenvalue weighted by Crippen LogP contribution is 2.47. The fraction of sp³-hybridized carbons (Fsp3) is 0. The molecule has 0 radical (unpaired) electrons. The number of aromatic nitrogens is 6. The maximum atomic E-state index is 9.99. The standard InChI is InChI=1S/C45H27N3O.2C39H23N3O/c46-28-35-26-39-43-37(19-10-20-42(43)49-44(39)38-18-8-7-17-36(35)38)30-21-23-31(24-22-30)40-27-41(48-45(47-40)32-13-5-2-6-14-32)34-16-9-15-33(25-34)29-11-3-1-4-12-29;40-24-29-22-33-37-31(19-10-20-36(37)43-38(33)32-18-8-7-17-30(29)32)27-15-9-16-28(21-27)35-23-34(25-11-3-1-4-12-25)41-39(42-35)26-13-5-2-6-14-26;40-24-29-22-33-37-31(16-9-17-36(37)43-38(33)32-15-8-7-14-30(29)32)25-18-20-27(21-19-25)35-23-34(26-10-3-1-4-11-26)41-39(42-35)28-12-5-2-6-13-28/h1-27H;2*1-23H. The number of benzene rings is 19. The normalized spacial score (nSPS) is 11.2. The third kappa shape index (κ3) is 15.3. The van der Waals surface area contributed by atoms with Crippen LogP contribution in [0.15, 0.2) is 456 Å². The van der Waals surface area contributed by atoms with E-state index in [9.17, 15) is 15.8 Å². The van der Waals surface area contributed by atoms with Gasteiger partial charge in [-0.1, -0.05) is 376 Å². The smallest absolute Gasteiger partial charge is 0.160 e. The van der Waals surface area contributed by atoms with Gasteiger partial charge in [-0.3, -0.25) is 0 Å². The molecule has 0 saturated carbocycles. The molecule has 6 heterocycles. The first-order valence-electron chi connectivity index (χ1n) is 44.5. The average molecular weight is 1720 g/mol. The van der Waals surface area contributed by atoms with Crippen molar-refractivity contribution in [3.05, 3.63) is 460 Å². The summed E-state index contributed by atoms with van der Waals surface area (Å²) in [6, 6.07) is 156. The molecule has 628 valence electrons. The number of nitrogens with zero attached hydrogens (tertiary/aromatic N) is 9. The summed E-state index contributed by atoms with van der Waals surface area (Å²) in [4.78, 5) is 30.0. The van der Waals surface area contributed by atoms with Gasteiger partial charge in [0.05, 0.1) is 69.1 Å². The second kappa shape index (κ2) is 34.9. The van der Waals surface area contributed by atoms with Crippen LogP contribution in [0.4, 0.5) is 0 Å². The van der Waals surface area contributed by atoms with E-state index in [2.05, 4.69) is 200 Å². The highest BCUT2D eigenvalue weighted by atomic mass is 16.3. The average Bonchev–Trinajstić information content (AvgIpc) is 1.60. The van der Waals surface area contributed by atoms with Gasteiger partial charge >= 0.3 is 0 Å². The molecule has 0 N–H and O–H groups in total. The van der Waals surface area contributed by atoms with Crippen molar-refractivity contribution in [2.45, 2.75) is 0 Å². The summed E-state index contributed by atoms with van der Waals surface area (Å²) < 4.78 is 19.3. The van der Waals surface area contributed by atoms with Crippen molar-refractivity contribution in [3.63, 3.8) is 0 Å². The molecule has 135 heavy (non-hydrogen) atoms. The van der Waals surface area contributed by atoms with Gasteiger partial charge < -0.3 is 13.3 Å². The number of hydrogen-bond acceptors (Lipinski definition) is 12. The summed E-state index contributed by atoms with van der Waals surface area (Å²) in [6.45, 7) is 0. The Hall–Kier alpha value is -18.9. The monoisotopic (exact) mass is 1720 g/mol. The lowest BCUT2D eigenvalue weighted by molar-refractivity contribution is 0.672. The van der Waals surface area contributed by atoms with E-state index < -0.39 is 0 Å². The predicted octanol–water partition coefficient (Wildman–Crippen LogP) is 31.9. The van der Waals surface area contributed by atoms with E-state index in [0.717, 1.165) is 227 Å². The number of hydrogen-bond donors (Lipinski definition) is 0. The highest BCUT2D eigenvalue weighted by Gasteiger charge is 2.24. The SMILES string of the molecule is N#Cc1cc2c(oc3cccc(-c4ccc(-c5cc(-c6cccc(-c7ccccc7)c6)nc(-c6ccccc6)n5)cc4)c32)c2ccccc12.N#Cc1cc2c(oc3cccc(-c4ccc(-c5cc(-c6ccccc6)nc(-c6ccccc6)n5)cc4)c32)c2ccccc12.N#Cc1cc2c(oc3cccc(-c4cccc(-c5cc(-c6ccccc6)nc(-c6ccccc6)n5)c4)c32)c2ccccc12. The Bertz CT molecular complexity index is 8940. The molecular formula is C123H73N9O3. The Morgan fingerprint density at radius 1 is 0.163 bits per heavy atom. The van der Waals surface area contributed by atoms with Crippen LogP contribution in [0.5, 0.6) is 0 Å². The Kier molecular flexibility index (Phi) is 20.9. The molecule has 0 amide bonds. The molecule has 19 aromatic carbocycles. The molecule has 25 rings (SSSR count). The predicted molar refractivity (Wildman–Crippen MR) is 545 cm³/mol. The minimum absolute atomic E-state index is 0.636. The number of furan rings is 3. The molecule has 0 saturated heterocycles. The van der Waals surface area contributed by atoms with Crippen LogP contribution in [0.2, 0.25) is 0 Å². The minimum Gasteiger partial charge on any atom is -0.455 e. The van der Waals surface area contributed by atoms with E-state index >= 15 is 0 Å². The van der Waals surface area contributed by atoms with Crippen LogP contribution in [0.25, 0.3) is 244 Å². The first-order valence-corrected chi connectivity index (χ1v) is 44.5. The summed E-state index contributed by atoms with van der Waals surface area (Å²) in [7, 11) is 0. The zero-order valence-electron chi connectivity index (χ0n) is 72.4. The van der Waals surface area contributed by atoms with Crippen LogP contribution in [-0.2, 0) is 0 Å². The lowest BCUT2D eigenvalue weighted by atomic mass is 9.95. The fourth-order valence-corrected chi connectivity index (χ4v) is 18.5. The Morgan fingerprint density at radius 2 is 0.393 bits per heavy atom. The molecular weight excluding hydrogens is 1650 g/mol. The van der Waals surface area contributed by atoms with E-state index in [-0.39, 0.29) is 0 Å². The molecule has 0 unspecified atom stereocenters. The zero-order valence-corrected chi connectivity index (χ0v) is 72.4. The van der Waals surface area contributed by atoms with Gasteiger partial charge in [0.15, 0.2) is 17.5 Å². The maximum absolute atomic E-state index is 9.99. The van der Waals surface area contributed by atoms with Crippen LogP contribution in [0.3, 0.4) is 0 Å². The lowest BCUT2D eigenvalue weighted by Crippen LogP contribution is -1.96. The second-order valence-electron chi connectivity index (χ2n) is 33.1. The molecule has 6 aromatic heterocycles. The van der Waals surface area contributed by atoms with Crippen molar-refractivity contribution in [3.8, 4) is 164 Å². The maximum Gasteiger partial charge on any atom is 0.160 e. The summed E-state index contributed by atoms with van der Waals surface area (Å²) in [6.07, 6.45) is 0. The van der Waals surface area contributed by atoms with E-state index in [1.54, 1.807) is 0 Å². The van der Waals surface area contributed by atoms with E-state index in [1.165, 1.54) is 0 Å². The molecule has 25 aromatic rings. The molecule has 12 heteroatoms. The summed E-state index contributed by atoms with van der Waals surface area (Å²) in [5.41, 5.74) is 29.4. The van der Waals surface area contributed by atoms with Crippen LogP contribution in [-0.4, -0.2) is 29.9 Å². The van der Waals surface area contributed by atoms with Crippen molar-refractivity contribution in [1.82, 2.24) is 29.9 Å². The largest absolute Gasteiger partial charge is 0.455 e. The van der Waals surface area contributed by atoms with E-state index in [4.69, 9.17) is 43.2 Å². The highest BCUT2D eigenvalue weighted by molar-refractivity contribution is 6.23. The van der Waals surface area contributed by atoms with Gasteiger partial charge in [-0.25, -0.2) is 29.9 Å². The van der Waals surface area contributed by atoms with Gasteiger partial charge in [0.2, 0.25) is 0 Å². The van der Waals surface area contributed by atoms with Crippen LogP contribution in [0.1, 0.15) is 16.7 Å². The summed E-state index contributed by atoms with van der Waals surface area (Å²) >= 11 is 0. The Balaban J connectivity index is 0.000000114. The van der Waals surface area contributed by atoms with Crippen molar-refractivity contribution in [2.75, 3.05) is 0 Å². The third-order valence-electron chi connectivity index (χ3n) is 25.0. The molecule has 0 bridgehead atoms. The number of fused-ring (bicyclic) bond motifs is 15. The molecule has 0 aliphatic carbocycles. The lowest BCUT2D eigenvalue weighted by Gasteiger charge is -2.11. The van der Waals surface area contributed by atoms with Crippen LogP contribution < -0.4 is 0 Å². The third-order valence-corrected chi connectivity index (χ3v) is 25.0. The van der Waals surface area contributed by atoms with Gasteiger partial charge in [0.25, 0.3) is 0 Å². The van der Waals surface area contributed by atoms with Crippen LogP contribution in [0, 0.1) is 34.0 Å². The minimum atomic E-state index is 0.636. The van der Waals surface area contributed by atoms with E-state index in [0.29, 0.717) is 34.2 Å². The Labute approximate surface area is 775 Å². The summed E-state index contributed by atoms with van der Waals surface area (Å²) in [5, 5.41) is 41.2. The zero-order chi connectivity index (χ0) is 90.2. The number of nitriles is 3. The molecule has 0 fully saturated rings. The molecule has 0 aliphatic heterocycles. The fourth-order valence-electron chi connectivity index (χ4n) is 18.5. The molecule has 0 spiro atoms. The van der Waals surface area contributed by atoms with Gasteiger partial charge in [-0.05, 0) is 111 Å². The Morgan fingerprint density at radius 3 is 0.711 bits per heavy atom. The quantitative estimate of drug-likeness (QED) is 0.106.